The van der Waals surface area contributed by atoms with Gasteiger partial charge in [0.1, 0.15) is 5.75 Å². The van der Waals surface area contributed by atoms with Crippen molar-refractivity contribution in [2.45, 2.75) is 26.7 Å². The molecule has 0 saturated carbocycles. The van der Waals surface area contributed by atoms with Gasteiger partial charge in [0.2, 0.25) is 0 Å². The SMILES string of the molecule is Cc1cc(C)cc(OCC(=O)Nc2ccc(C(=O)N3CCCC3)cc2)c1. The van der Waals surface area contributed by atoms with Crippen LogP contribution < -0.4 is 10.1 Å². The minimum Gasteiger partial charge on any atom is -0.484 e. The Morgan fingerprint density at radius 1 is 1.00 bits per heavy atom. The maximum absolute atomic E-state index is 12.3. The van der Waals surface area contributed by atoms with Gasteiger partial charge in [0.15, 0.2) is 6.61 Å². The van der Waals surface area contributed by atoms with Gasteiger partial charge in [0.05, 0.1) is 0 Å². The fraction of sp³-hybridized carbons (Fsp3) is 0.333. The number of nitrogens with zero attached hydrogens (tertiary/aromatic N) is 1. The van der Waals surface area contributed by atoms with Gasteiger partial charge in [-0.1, -0.05) is 6.07 Å². The molecule has 0 aromatic heterocycles. The third kappa shape index (κ3) is 4.63. The summed E-state index contributed by atoms with van der Waals surface area (Å²) in [6, 6.07) is 12.9. The number of nitrogens with one attached hydrogen (secondary N) is 1. The molecule has 1 fully saturated rings. The molecule has 1 aliphatic rings. The second-order valence-corrected chi connectivity index (χ2v) is 6.74. The quantitative estimate of drug-likeness (QED) is 0.895. The van der Waals surface area contributed by atoms with E-state index < -0.39 is 0 Å². The second-order valence-electron chi connectivity index (χ2n) is 6.74. The molecule has 5 nitrogen and oxygen atoms in total. The number of carbonyl (C=O) groups excluding carboxylic acids is 2. The van der Waals surface area contributed by atoms with Gasteiger partial charge in [-0.15, -0.1) is 0 Å². The monoisotopic (exact) mass is 352 g/mol. The maximum Gasteiger partial charge on any atom is 0.262 e. The molecule has 2 aromatic carbocycles. The summed E-state index contributed by atoms with van der Waals surface area (Å²) >= 11 is 0. The van der Waals surface area contributed by atoms with Gasteiger partial charge >= 0.3 is 0 Å². The van der Waals surface area contributed by atoms with Crippen molar-refractivity contribution in [2.24, 2.45) is 0 Å². The molecule has 2 amide bonds. The Morgan fingerprint density at radius 2 is 1.62 bits per heavy atom. The molecular formula is C21H24N2O3. The lowest BCUT2D eigenvalue weighted by Gasteiger charge is -2.15. The highest BCUT2D eigenvalue weighted by Gasteiger charge is 2.19. The van der Waals surface area contributed by atoms with E-state index in [4.69, 9.17) is 4.74 Å². The summed E-state index contributed by atoms with van der Waals surface area (Å²) < 4.78 is 5.56. The summed E-state index contributed by atoms with van der Waals surface area (Å²) in [4.78, 5) is 26.3. The van der Waals surface area contributed by atoms with Crippen molar-refractivity contribution in [1.82, 2.24) is 4.90 Å². The van der Waals surface area contributed by atoms with Crippen LogP contribution in [0.2, 0.25) is 0 Å². The standard InChI is InChI=1S/C21H24N2O3/c1-15-11-16(2)13-19(12-15)26-14-20(24)22-18-7-5-17(6-8-18)21(25)23-9-3-4-10-23/h5-8,11-13H,3-4,9-10,14H2,1-2H3,(H,22,24). The number of carbonyl (C=O) groups is 2. The predicted molar refractivity (Wildman–Crippen MR) is 102 cm³/mol. The molecule has 1 saturated heterocycles. The zero-order valence-corrected chi connectivity index (χ0v) is 15.2. The summed E-state index contributed by atoms with van der Waals surface area (Å²) in [6.45, 7) is 5.58. The smallest absolute Gasteiger partial charge is 0.262 e. The maximum atomic E-state index is 12.3. The Kier molecular flexibility index (Phi) is 5.56. The average Bonchev–Trinajstić information content (AvgIpc) is 3.14. The first-order valence-electron chi connectivity index (χ1n) is 8.91. The van der Waals surface area contributed by atoms with Crippen LogP contribution in [0.15, 0.2) is 42.5 Å². The fourth-order valence-corrected chi connectivity index (χ4v) is 3.16. The van der Waals surface area contributed by atoms with Crippen molar-refractivity contribution >= 4 is 17.5 Å². The highest BCUT2D eigenvalue weighted by atomic mass is 16.5. The number of benzene rings is 2. The Hall–Kier alpha value is -2.82. The van der Waals surface area contributed by atoms with Crippen molar-refractivity contribution in [3.05, 3.63) is 59.2 Å². The van der Waals surface area contributed by atoms with Crippen LogP contribution >= 0.6 is 0 Å². The van der Waals surface area contributed by atoms with E-state index in [0.29, 0.717) is 17.0 Å². The first-order chi connectivity index (χ1) is 12.5. The summed E-state index contributed by atoms with van der Waals surface area (Å²) in [5, 5.41) is 2.79. The highest BCUT2D eigenvalue weighted by molar-refractivity contribution is 5.96. The summed E-state index contributed by atoms with van der Waals surface area (Å²) in [5.74, 6) is 0.505. The van der Waals surface area contributed by atoms with Crippen molar-refractivity contribution in [3.63, 3.8) is 0 Å². The lowest BCUT2D eigenvalue weighted by Crippen LogP contribution is -2.27. The zero-order chi connectivity index (χ0) is 18.5. The van der Waals surface area contributed by atoms with Gasteiger partial charge in [-0.2, -0.15) is 0 Å². The van der Waals surface area contributed by atoms with E-state index in [9.17, 15) is 9.59 Å². The number of ether oxygens (including phenoxy) is 1. The van der Waals surface area contributed by atoms with Crippen LogP contribution in [0, 0.1) is 13.8 Å². The minimum absolute atomic E-state index is 0.0542. The van der Waals surface area contributed by atoms with E-state index in [-0.39, 0.29) is 18.4 Å². The van der Waals surface area contributed by atoms with Gasteiger partial charge in [0, 0.05) is 24.3 Å². The van der Waals surface area contributed by atoms with Gasteiger partial charge in [-0.3, -0.25) is 9.59 Å². The number of amides is 2. The molecule has 3 rings (SSSR count). The normalized spacial score (nSPS) is 13.5. The summed E-state index contributed by atoms with van der Waals surface area (Å²) in [5.41, 5.74) is 3.49. The molecule has 5 heteroatoms. The van der Waals surface area contributed by atoms with Crippen LogP contribution in [-0.4, -0.2) is 36.4 Å². The topological polar surface area (TPSA) is 58.6 Å². The van der Waals surface area contributed by atoms with Crippen LogP contribution in [0.3, 0.4) is 0 Å². The first-order valence-corrected chi connectivity index (χ1v) is 8.91. The summed E-state index contributed by atoms with van der Waals surface area (Å²) in [7, 11) is 0. The number of aryl methyl sites for hydroxylation is 2. The molecule has 136 valence electrons. The molecule has 2 aromatic rings. The molecule has 0 radical (unpaired) electrons. The number of likely N-dealkylation sites (tertiary alicyclic amines) is 1. The van der Waals surface area contributed by atoms with E-state index in [1.54, 1.807) is 24.3 Å². The van der Waals surface area contributed by atoms with Crippen molar-refractivity contribution in [3.8, 4) is 5.75 Å². The van der Waals surface area contributed by atoms with Crippen LogP contribution in [-0.2, 0) is 4.79 Å². The Labute approximate surface area is 154 Å². The second kappa shape index (κ2) is 8.04. The number of anilines is 1. The Bertz CT molecular complexity index is 773. The Morgan fingerprint density at radius 3 is 2.23 bits per heavy atom. The van der Waals surface area contributed by atoms with Crippen LogP contribution in [0.1, 0.15) is 34.3 Å². The summed E-state index contributed by atoms with van der Waals surface area (Å²) in [6.07, 6.45) is 2.14. The Balaban J connectivity index is 1.53. The lowest BCUT2D eigenvalue weighted by molar-refractivity contribution is -0.118. The lowest BCUT2D eigenvalue weighted by atomic mass is 10.1. The van der Waals surface area contributed by atoms with E-state index in [2.05, 4.69) is 11.4 Å². The third-order valence-electron chi connectivity index (χ3n) is 4.37. The van der Waals surface area contributed by atoms with Crippen LogP contribution in [0.25, 0.3) is 0 Å². The first kappa shape index (κ1) is 18.0. The fourth-order valence-electron chi connectivity index (χ4n) is 3.16. The largest absolute Gasteiger partial charge is 0.484 e. The number of hydrogen-bond donors (Lipinski definition) is 1. The third-order valence-corrected chi connectivity index (χ3v) is 4.37. The van der Waals surface area contributed by atoms with Gasteiger partial charge in [0.25, 0.3) is 11.8 Å². The minimum atomic E-state index is -0.234. The zero-order valence-electron chi connectivity index (χ0n) is 15.2. The molecule has 1 N–H and O–H groups in total. The average molecular weight is 352 g/mol. The molecule has 0 unspecified atom stereocenters. The highest BCUT2D eigenvalue weighted by Crippen LogP contribution is 2.17. The molecule has 0 spiro atoms. The van der Waals surface area contributed by atoms with Crippen molar-refractivity contribution in [2.75, 3.05) is 25.0 Å². The molecule has 0 bridgehead atoms. The van der Waals surface area contributed by atoms with Crippen molar-refractivity contribution in [1.29, 1.82) is 0 Å². The van der Waals surface area contributed by atoms with Gasteiger partial charge in [-0.05, 0) is 74.2 Å². The molecule has 1 heterocycles. The molecular weight excluding hydrogens is 328 g/mol. The molecule has 26 heavy (non-hydrogen) atoms. The van der Waals surface area contributed by atoms with E-state index in [1.807, 2.05) is 30.9 Å². The molecule has 1 aliphatic heterocycles. The van der Waals surface area contributed by atoms with E-state index in [1.165, 1.54) is 0 Å². The van der Waals surface area contributed by atoms with Gasteiger partial charge in [-0.25, -0.2) is 0 Å². The molecule has 0 atom stereocenters. The molecule has 0 aliphatic carbocycles. The van der Waals surface area contributed by atoms with Crippen LogP contribution in [0.5, 0.6) is 5.75 Å². The number of hydrogen-bond acceptors (Lipinski definition) is 3. The van der Waals surface area contributed by atoms with Crippen molar-refractivity contribution < 1.29 is 14.3 Å². The van der Waals surface area contributed by atoms with Gasteiger partial charge < -0.3 is 15.0 Å². The predicted octanol–water partition coefficient (Wildman–Crippen LogP) is 3.56. The van der Waals surface area contributed by atoms with Crippen LogP contribution in [0.4, 0.5) is 5.69 Å². The van der Waals surface area contributed by atoms with E-state index >= 15 is 0 Å². The number of rotatable bonds is 5. The van der Waals surface area contributed by atoms with E-state index in [0.717, 1.165) is 37.1 Å².